The lowest BCUT2D eigenvalue weighted by Crippen LogP contribution is -2.25. The van der Waals surface area contributed by atoms with Crippen molar-refractivity contribution in [3.63, 3.8) is 0 Å². The van der Waals surface area contributed by atoms with Gasteiger partial charge in [0.1, 0.15) is 0 Å². The number of rotatable bonds is 12. The summed E-state index contributed by atoms with van der Waals surface area (Å²) < 4.78 is 0. The van der Waals surface area contributed by atoms with Crippen LogP contribution in [0.15, 0.2) is 110 Å². The second kappa shape index (κ2) is 13.6. The van der Waals surface area contributed by atoms with Crippen LogP contribution in [0.25, 0.3) is 33.4 Å². The van der Waals surface area contributed by atoms with Crippen molar-refractivity contribution in [3.8, 4) is 33.4 Å². The minimum atomic E-state index is -0.0254. The molecule has 38 heavy (non-hydrogen) atoms. The second-order valence-corrected chi connectivity index (χ2v) is 10.1. The Bertz CT molecular complexity index is 1300. The van der Waals surface area contributed by atoms with Crippen LogP contribution in [-0.2, 0) is 17.6 Å². The van der Waals surface area contributed by atoms with Gasteiger partial charge in [-0.25, -0.2) is 0 Å². The summed E-state index contributed by atoms with van der Waals surface area (Å²) in [5, 5.41) is 0. The quantitative estimate of drug-likeness (QED) is 0.140. The molecule has 0 aromatic heterocycles. The Kier molecular flexibility index (Phi) is 9.70. The maximum absolute atomic E-state index is 11.6. The van der Waals surface area contributed by atoms with E-state index < -0.39 is 0 Å². The minimum Gasteiger partial charge on any atom is -0.342 e. The minimum absolute atomic E-state index is 0.0254. The maximum atomic E-state index is 11.6. The predicted molar refractivity (Wildman–Crippen MR) is 162 cm³/mol. The van der Waals surface area contributed by atoms with E-state index >= 15 is 0 Å². The highest BCUT2D eigenvalue weighted by atomic mass is 16.2. The molecule has 0 aliphatic rings. The summed E-state index contributed by atoms with van der Waals surface area (Å²) >= 11 is 0. The molecule has 0 fully saturated rings. The summed E-state index contributed by atoms with van der Waals surface area (Å²) in [4.78, 5) is 13.3. The van der Waals surface area contributed by atoms with Gasteiger partial charge >= 0.3 is 0 Å². The molecule has 194 valence electrons. The Balaban J connectivity index is 1.34. The lowest BCUT2D eigenvalue weighted by Gasteiger charge is -2.14. The van der Waals surface area contributed by atoms with E-state index in [4.69, 9.17) is 0 Å². The monoisotopic (exact) mass is 501 g/mol. The zero-order chi connectivity index (χ0) is 26.7. The molecule has 0 saturated carbocycles. The van der Waals surface area contributed by atoms with Crippen LogP contribution < -0.4 is 0 Å². The third kappa shape index (κ3) is 7.32. The van der Waals surface area contributed by atoms with Crippen molar-refractivity contribution in [1.82, 2.24) is 4.90 Å². The average molecular weight is 502 g/mol. The van der Waals surface area contributed by atoms with Gasteiger partial charge in [-0.1, -0.05) is 123 Å². The van der Waals surface area contributed by atoms with Gasteiger partial charge in [0.2, 0.25) is 5.91 Å². The molecular weight excluding hydrogens is 462 g/mol. The standard InChI is InChI=1S/C36H39NO/c1-4-6-7-9-28-11-15-30(16-12-28)32-19-23-34(24-20-32)35-25-21-33(22-26-35)31-17-13-29(14-18-31)10-8-27-37(3)36(38)5-2/h5,11-26H,2,4,6-10,27H2,1,3H3. The molecule has 4 aromatic rings. The number of benzene rings is 4. The van der Waals surface area contributed by atoms with Gasteiger partial charge in [0.25, 0.3) is 0 Å². The van der Waals surface area contributed by atoms with Gasteiger partial charge in [-0.05, 0) is 76.3 Å². The predicted octanol–water partition coefficient (Wildman–Crippen LogP) is 9.00. The highest BCUT2D eigenvalue weighted by Gasteiger charge is 2.05. The van der Waals surface area contributed by atoms with Crippen molar-refractivity contribution < 1.29 is 4.79 Å². The molecule has 0 spiro atoms. The summed E-state index contributed by atoms with van der Waals surface area (Å²) in [5.41, 5.74) is 10.1. The molecular formula is C36H39NO. The topological polar surface area (TPSA) is 20.3 Å². The Morgan fingerprint density at radius 1 is 0.605 bits per heavy atom. The highest BCUT2D eigenvalue weighted by molar-refractivity contribution is 5.86. The zero-order valence-corrected chi connectivity index (χ0v) is 22.8. The summed E-state index contributed by atoms with van der Waals surface area (Å²) in [7, 11) is 1.82. The van der Waals surface area contributed by atoms with Gasteiger partial charge < -0.3 is 4.90 Å². The van der Waals surface area contributed by atoms with Crippen LogP contribution in [0.5, 0.6) is 0 Å². The van der Waals surface area contributed by atoms with Gasteiger partial charge in [0.15, 0.2) is 0 Å². The fourth-order valence-electron chi connectivity index (χ4n) is 4.80. The van der Waals surface area contributed by atoms with Crippen LogP contribution >= 0.6 is 0 Å². The van der Waals surface area contributed by atoms with Crippen molar-refractivity contribution in [2.75, 3.05) is 13.6 Å². The molecule has 0 bridgehead atoms. The van der Waals surface area contributed by atoms with Crippen LogP contribution in [0.3, 0.4) is 0 Å². The van der Waals surface area contributed by atoms with Gasteiger partial charge in [0, 0.05) is 13.6 Å². The van der Waals surface area contributed by atoms with E-state index in [1.165, 1.54) is 76.3 Å². The third-order valence-electron chi connectivity index (χ3n) is 7.26. The third-order valence-corrected chi connectivity index (χ3v) is 7.26. The maximum Gasteiger partial charge on any atom is 0.245 e. The molecule has 0 saturated heterocycles. The number of hydrogen-bond acceptors (Lipinski definition) is 1. The van der Waals surface area contributed by atoms with Crippen molar-refractivity contribution in [2.45, 2.75) is 45.4 Å². The number of aryl methyl sites for hydroxylation is 2. The largest absolute Gasteiger partial charge is 0.342 e. The van der Waals surface area contributed by atoms with Crippen LogP contribution in [-0.4, -0.2) is 24.4 Å². The smallest absolute Gasteiger partial charge is 0.245 e. The Morgan fingerprint density at radius 3 is 1.29 bits per heavy atom. The van der Waals surface area contributed by atoms with E-state index in [1.807, 2.05) is 7.05 Å². The summed E-state index contributed by atoms with van der Waals surface area (Å²) in [6.45, 7) is 6.53. The van der Waals surface area contributed by atoms with E-state index in [2.05, 4.69) is 111 Å². The number of unbranched alkanes of at least 4 members (excludes halogenated alkanes) is 2. The number of carbonyl (C=O) groups excluding carboxylic acids is 1. The molecule has 0 N–H and O–H groups in total. The molecule has 0 heterocycles. The molecule has 0 aliphatic heterocycles. The number of hydrogen-bond donors (Lipinski definition) is 0. The Hall–Kier alpha value is -3.91. The van der Waals surface area contributed by atoms with Gasteiger partial charge in [-0.15, -0.1) is 0 Å². The first-order valence-corrected chi connectivity index (χ1v) is 13.8. The first kappa shape index (κ1) is 27.1. The second-order valence-electron chi connectivity index (χ2n) is 10.1. The van der Waals surface area contributed by atoms with Crippen LogP contribution in [0.2, 0.25) is 0 Å². The molecule has 2 heteroatoms. The Morgan fingerprint density at radius 2 is 0.947 bits per heavy atom. The zero-order valence-electron chi connectivity index (χ0n) is 22.8. The molecule has 0 unspecified atom stereocenters. The van der Waals surface area contributed by atoms with E-state index in [0.717, 1.165) is 19.4 Å². The fraction of sp³-hybridized carbons (Fsp3) is 0.250. The number of likely N-dealkylation sites (N-methyl/N-ethyl adjacent to an activating group) is 1. The summed E-state index contributed by atoms with van der Waals surface area (Å²) in [5.74, 6) is -0.0254. The number of carbonyl (C=O) groups is 1. The van der Waals surface area contributed by atoms with Crippen LogP contribution in [0, 0.1) is 0 Å². The lowest BCUT2D eigenvalue weighted by molar-refractivity contribution is -0.124. The van der Waals surface area contributed by atoms with E-state index in [-0.39, 0.29) is 5.91 Å². The van der Waals surface area contributed by atoms with E-state index in [9.17, 15) is 4.79 Å². The normalized spacial score (nSPS) is 10.8. The molecule has 0 aliphatic carbocycles. The lowest BCUT2D eigenvalue weighted by atomic mass is 9.97. The molecule has 1 amide bonds. The average Bonchev–Trinajstić information content (AvgIpc) is 2.98. The fourth-order valence-corrected chi connectivity index (χ4v) is 4.80. The van der Waals surface area contributed by atoms with Crippen molar-refractivity contribution in [1.29, 1.82) is 0 Å². The Labute approximate surface area is 228 Å². The first-order chi connectivity index (χ1) is 18.6. The van der Waals surface area contributed by atoms with Crippen LogP contribution in [0.1, 0.15) is 43.7 Å². The van der Waals surface area contributed by atoms with Crippen molar-refractivity contribution in [3.05, 3.63) is 121 Å². The molecule has 4 aromatic carbocycles. The van der Waals surface area contributed by atoms with Crippen molar-refractivity contribution in [2.24, 2.45) is 0 Å². The number of nitrogens with zero attached hydrogens (tertiary/aromatic N) is 1. The number of amides is 1. The van der Waals surface area contributed by atoms with Gasteiger partial charge in [-0.3, -0.25) is 4.79 Å². The molecule has 4 rings (SSSR count). The van der Waals surface area contributed by atoms with Crippen molar-refractivity contribution >= 4 is 5.91 Å². The first-order valence-electron chi connectivity index (χ1n) is 13.8. The molecule has 2 nitrogen and oxygen atoms in total. The van der Waals surface area contributed by atoms with E-state index in [0.29, 0.717) is 0 Å². The summed E-state index contributed by atoms with van der Waals surface area (Å²) in [6, 6.07) is 35.5. The van der Waals surface area contributed by atoms with Crippen LogP contribution in [0.4, 0.5) is 0 Å². The van der Waals surface area contributed by atoms with Gasteiger partial charge in [0.05, 0.1) is 0 Å². The SMILES string of the molecule is C=CC(=O)N(C)CCCc1ccc(-c2ccc(-c3ccc(-c4ccc(CCCCC)cc4)cc3)cc2)cc1. The van der Waals surface area contributed by atoms with Gasteiger partial charge in [-0.2, -0.15) is 0 Å². The highest BCUT2D eigenvalue weighted by Crippen LogP contribution is 2.28. The molecule has 0 atom stereocenters. The van der Waals surface area contributed by atoms with E-state index in [1.54, 1.807) is 4.90 Å². The summed E-state index contributed by atoms with van der Waals surface area (Å²) in [6.07, 6.45) is 8.26. The molecule has 0 radical (unpaired) electrons.